The summed E-state index contributed by atoms with van der Waals surface area (Å²) in [4.78, 5) is 12.0. The van der Waals surface area contributed by atoms with Gasteiger partial charge in [0, 0.05) is 6.42 Å². The van der Waals surface area contributed by atoms with Gasteiger partial charge in [0.2, 0.25) is 0 Å². The van der Waals surface area contributed by atoms with Crippen LogP contribution < -0.4 is 4.74 Å². The summed E-state index contributed by atoms with van der Waals surface area (Å²) in [7, 11) is -5.92. The standard InChI is InChI=1S/C22H26F2O7S/c1-3-15-4-6-18(7-5-15)29-14(2)30-20-9-16-8-17(10-20)12-21(11-16,13-20)31-19(25)22(23,24)32(26,27)28/h3-7,14,16-17H,1,8-13H2,2H3,(H,26,27,28). The van der Waals surface area contributed by atoms with Crippen LogP contribution in [0.2, 0.25) is 0 Å². The van der Waals surface area contributed by atoms with Crippen LogP contribution in [0.15, 0.2) is 30.8 Å². The SMILES string of the molecule is C=Cc1ccc(OC(C)OC23CC4CC(CC(OC(=O)C(F)(F)S(=O)(=O)O)(C4)C2)C3)cc1. The second kappa shape index (κ2) is 7.78. The molecule has 0 amide bonds. The molecule has 0 aliphatic heterocycles. The molecule has 4 aliphatic rings. The molecule has 176 valence electrons. The molecule has 3 atom stereocenters. The van der Waals surface area contributed by atoms with Crippen molar-refractivity contribution < 1.29 is 40.8 Å². The molecular weight excluding hydrogens is 446 g/mol. The Morgan fingerprint density at radius 1 is 1.19 bits per heavy atom. The Morgan fingerprint density at radius 2 is 1.75 bits per heavy atom. The molecule has 4 fully saturated rings. The first kappa shape index (κ1) is 23.1. The summed E-state index contributed by atoms with van der Waals surface area (Å²) < 4.78 is 75.6. The number of esters is 1. The lowest BCUT2D eigenvalue weighted by Crippen LogP contribution is -2.63. The minimum absolute atomic E-state index is 0.0995. The molecule has 0 saturated heterocycles. The first-order chi connectivity index (χ1) is 14.9. The van der Waals surface area contributed by atoms with Gasteiger partial charge in [0.05, 0.1) is 5.60 Å². The van der Waals surface area contributed by atoms with Crippen LogP contribution in [-0.2, 0) is 24.4 Å². The quantitative estimate of drug-likeness (QED) is 0.344. The third kappa shape index (κ3) is 4.27. The summed E-state index contributed by atoms with van der Waals surface area (Å²) in [5.41, 5.74) is -1.03. The van der Waals surface area contributed by atoms with Gasteiger partial charge in [-0.05, 0) is 68.6 Å². The van der Waals surface area contributed by atoms with E-state index < -0.39 is 38.8 Å². The summed E-state index contributed by atoms with van der Waals surface area (Å²) in [6.07, 6.45) is 4.20. The van der Waals surface area contributed by atoms with Crippen LogP contribution in [0.25, 0.3) is 6.08 Å². The number of hydrogen-bond acceptors (Lipinski definition) is 6. The zero-order valence-corrected chi connectivity index (χ0v) is 18.4. The Labute approximate surface area is 185 Å². The number of halogens is 2. The molecule has 0 spiro atoms. The normalized spacial score (nSPS) is 32.4. The van der Waals surface area contributed by atoms with E-state index in [1.165, 1.54) is 0 Å². The van der Waals surface area contributed by atoms with E-state index in [0.29, 0.717) is 31.4 Å². The summed E-state index contributed by atoms with van der Waals surface area (Å²) >= 11 is 0. The molecule has 1 N–H and O–H groups in total. The van der Waals surface area contributed by atoms with Gasteiger partial charge in [-0.15, -0.1) is 0 Å². The van der Waals surface area contributed by atoms with Crippen molar-refractivity contribution in [2.24, 2.45) is 11.8 Å². The molecule has 5 rings (SSSR count). The lowest BCUT2D eigenvalue weighted by Gasteiger charge is -2.60. The molecule has 1 aromatic rings. The van der Waals surface area contributed by atoms with Crippen molar-refractivity contribution >= 4 is 22.2 Å². The van der Waals surface area contributed by atoms with Gasteiger partial charge in [-0.2, -0.15) is 17.2 Å². The van der Waals surface area contributed by atoms with Crippen LogP contribution in [0.5, 0.6) is 5.75 Å². The zero-order valence-electron chi connectivity index (χ0n) is 17.6. The van der Waals surface area contributed by atoms with Gasteiger partial charge >= 0.3 is 21.3 Å². The Hall–Kier alpha value is -2.04. The molecule has 10 heteroatoms. The van der Waals surface area contributed by atoms with Gasteiger partial charge in [0.15, 0.2) is 6.29 Å². The summed E-state index contributed by atoms with van der Waals surface area (Å²) in [6, 6.07) is 7.28. The average molecular weight is 473 g/mol. The highest BCUT2D eigenvalue weighted by molar-refractivity contribution is 7.87. The van der Waals surface area contributed by atoms with E-state index in [9.17, 15) is 22.0 Å². The fourth-order valence-corrected chi connectivity index (χ4v) is 6.22. The predicted octanol–water partition coefficient (Wildman–Crippen LogP) is 4.19. The second-order valence-corrected chi connectivity index (χ2v) is 10.7. The molecular formula is C22H26F2O7S. The molecule has 4 aliphatic carbocycles. The van der Waals surface area contributed by atoms with Crippen molar-refractivity contribution in [1.82, 2.24) is 0 Å². The first-order valence-electron chi connectivity index (χ1n) is 10.5. The molecule has 4 bridgehead atoms. The number of carbonyl (C=O) groups excluding carboxylic acids is 1. The minimum Gasteiger partial charge on any atom is -0.465 e. The topological polar surface area (TPSA) is 99.1 Å². The van der Waals surface area contributed by atoms with Gasteiger partial charge < -0.3 is 14.2 Å². The highest BCUT2D eigenvalue weighted by Crippen LogP contribution is 2.60. The second-order valence-electron chi connectivity index (χ2n) is 9.28. The molecule has 4 saturated carbocycles. The Kier molecular flexibility index (Phi) is 5.62. The van der Waals surface area contributed by atoms with E-state index in [-0.39, 0.29) is 18.3 Å². The molecule has 0 aromatic heterocycles. The van der Waals surface area contributed by atoms with Gasteiger partial charge in [-0.3, -0.25) is 4.55 Å². The maximum absolute atomic E-state index is 13.8. The number of alkyl halides is 2. The first-order valence-corrected chi connectivity index (χ1v) is 11.9. The Morgan fingerprint density at radius 3 is 2.28 bits per heavy atom. The molecule has 1 aromatic carbocycles. The molecule has 0 radical (unpaired) electrons. The molecule has 7 nitrogen and oxygen atoms in total. The minimum atomic E-state index is -5.92. The average Bonchev–Trinajstić information content (AvgIpc) is 2.65. The lowest BCUT2D eigenvalue weighted by molar-refractivity contribution is -0.268. The number of carbonyl (C=O) groups is 1. The maximum atomic E-state index is 13.8. The van der Waals surface area contributed by atoms with Gasteiger partial charge in [-0.1, -0.05) is 24.8 Å². The van der Waals surface area contributed by atoms with Gasteiger partial charge in [0.1, 0.15) is 11.4 Å². The fraction of sp³-hybridized carbons (Fsp3) is 0.591. The highest BCUT2D eigenvalue weighted by Gasteiger charge is 2.63. The number of hydrogen-bond donors (Lipinski definition) is 1. The van der Waals surface area contributed by atoms with Crippen molar-refractivity contribution in [3.05, 3.63) is 36.4 Å². The number of benzene rings is 1. The van der Waals surface area contributed by atoms with Crippen molar-refractivity contribution in [3.63, 3.8) is 0 Å². The van der Waals surface area contributed by atoms with Crippen molar-refractivity contribution in [2.45, 2.75) is 68.2 Å². The highest BCUT2D eigenvalue weighted by atomic mass is 32.2. The molecule has 32 heavy (non-hydrogen) atoms. The van der Waals surface area contributed by atoms with Gasteiger partial charge in [-0.25, -0.2) is 4.79 Å². The van der Waals surface area contributed by atoms with Crippen molar-refractivity contribution in [3.8, 4) is 5.75 Å². The Balaban J connectivity index is 1.49. The van der Waals surface area contributed by atoms with E-state index in [4.69, 9.17) is 18.8 Å². The third-order valence-corrected chi connectivity index (χ3v) is 7.47. The van der Waals surface area contributed by atoms with E-state index in [1.54, 1.807) is 25.1 Å². The summed E-state index contributed by atoms with van der Waals surface area (Å²) in [5, 5.41) is -5.02. The maximum Gasteiger partial charge on any atom is 0.465 e. The lowest BCUT2D eigenvalue weighted by atomic mass is 9.52. The van der Waals surface area contributed by atoms with Crippen LogP contribution in [0.1, 0.15) is 51.0 Å². The van der Waals surface area contributed by atoms with E-state index >= 15 is 0 Å². The smallest absolute Gasteiger partial charge is 0.465 e. The summed E-state index contributed by atoms with van der Waals surface area (Å²) in [6.45, 7) is 5.44. The largest absolute Gasteiger partial charge is 0.465 e. The van der Waals surface area contributed by atoms with Crippen molar-refractivity contribution in [1.29, 1.82) is 0 Å². The molecule has 3 unspecified atom stereocenters. The van der Waals surface area contributed by atoms with Crippen LogP contribution in [0.4, 0.5) is 8.78 Å². The molecule has 0 heterocycles. The monoisotopic (exact) mass is 472 g/mol. The number of rotatable bonds is 8. The van der Waals surface area contributed by atoms with Crippen molar-refractivity contribution in [2.75, 3.05) is 0 Å². The van der Waals surface area contributed by atoms with E-state index in [1.807, 2.05) is 12.1 Å². The predicted molar refractivity (Wildman–Crippen MR) is 110 cm³/mol. The van der Waals surface area contributed by atoms with Crippen LogP contribution in [0.3, 0.4) is 0 Å². The van der Waals surface area contributed by atoms with E-state index in [0.717, 1.165) is 12.0 Å². The summed E-state index contributed by atoms with van der Waals surface area (Å²) in [5.74, 6) is -1.45. The fourth-order valence-electron chi connectivity index (χ4n) is 5.96. The Bertz CT molecular complexity index is 992. The zero-order chi connectivity index (χ0) is 23.4. The van der Waals surface area contributed by atoms with Crippen LogP contribution >= 0.6 is 0 Å². The number of ether oxygens (including phenoxy) is 3. The van der Waals surface area contributed by atoms with E-state index in [2.05, 4.69) is 6.58 Å². The van der Waals surface area contributed by atoms with Crippen LogP contribution in [0, 0.1) is 11.8 Å². The van der Waals surface area contributed by atoms with Gasteiger partial charge in [0.25, 0.3) is 0 Å². The third-order valence-electron chi connectivity index (χ3n) is 6.66. The van der Waals surface area contributed by atoms with Crippen LogP contribution in [-0.4, -0.2) is 41.7 Å².